The Morgan fingerprint density at radius 2 is 2.04 bits per heavy atom. The first-order chi connectivity index (χ1) is 12.3. The summed E-state index contributed by atoms with van der Waals surface area (Å²) in [6.45, 7) is -0.175. The molecular formula is C16H11FN4O5. The molecule has 2 aromatic heterocycles. The lowest BCUT2D eigenvalue weighted by molar-refractivity contribution is -0.385. The van der Waals surface area contributed by atoms with Crippen LogP contribution in [-0.2, 0) is 6.54 Å². The van der Waals surface area contributed by atoms with Crippen LogP contribution in [0.1, 0.15) is 16.1 Å². The Morgan fingerprint density at radius 3 is 2.65 bits per heavy atom. The lowest BCUT2D eigenvalue weighted by Crippen LogP contribution is -2.30. The van der Waals surface area contributed by atoms with Gasteiger partial charge in [-0.15, -0.1) is 0 Å². The Morgan fingerprint density at radius 1 is 1.35 bits per heavy atom. The van der Waals surface area contributed by atoms with Crippen molar-refractivity contribution in [2.24, 2.45) is 5.73 Å². The van der Waals surface area contributed by atoms with Crippen molar-refractivity contribution in [3.05, 3.63) is 80.3 Å². The van der Waals surface area contributed by atoms with Gasteiger partial charge in [0.2, 0.25) is 5.89 Å². The van der Waals surface area contributed by atoms with Gasteiger partial charge in [0.05, 0.1) is 23.4 Å². The van der Waals surface area contributed by atoms with Gasteiger partial charge in [0.25, 0.3) is 17.2 Å². The third-order valence-corrected chi connectivity index (χ3v) is 3.52. The summed E-state index contributed by atoms with van der Waals surface area (Å²) >= 11 is 0. The fourth-order valence-corrected chi connectivity index (χ4v) is 2.29. The number of nitrogens with zero attached hydrogens (tertiary/aromatic N) is 3. The van der Waals surface area contributed by atoms with Gasteiger partial charge in [0, 0.05) is 11.6 Å². The number of carbonyl (C=O) groups excluding carboxylic acids is 1. The third kappa shape index (κ3) is 3.34. The molecule has 9 nitrogen and oxygen atoms in total. The minimum atomic E-state index is -1.07. The second kappa shape index (κ2) is 6.59. The summed E-state index contributed by atoms with van der Waals surface area (Å²) in [6, 6.07) is 6.24. The van der Waals surface area contributed by atoms with Crippen molar-refractivity contribution in [2.75, 3.05) is 0 Å². The normalized spacial score (nSPS) is 10.7. The van der Waals surface area contributed by atoms with E-state index in [9.17, 15) is 24.1 Å². The summed E-state index contributed by atoms with van der Waals surface area (Å²) in [7, 11) is 0. The zero-order valence-corrected chi connectivity index (χ0v) is 13.1. The van der Waals surface area contributed by atoms with Crippen molar-refractivity contribution in [3.63, 3.8) is 0 Å². The molecule has 10 heteroatoms. The molecule has 0 saturated heterocycles. The summed E-state index contributed by atoms with van der Waals surface area (Å²) in [5.41, 5.74) is 4.15. The number of carbonyl (C=O) groups is 1. The molecule has 0 radical (unpaired) electrons. The van der Waals surface area contributed by atoms with Crippen LogP contribution in [0.4, 0.5) is 10.1 Å². The number of amides is 1. The van der Waals surface area contributed by atoms with Crippen LogP contribution in [0.3, 0.4) is 0 Å². The molecule has 0 spiro atoms. The second-order valence-corrected chi connectivity index (χ2v) is 5.32. The van der Waals surface area contributed by atoms with E-state index in [1.54, 1.807) is 0 Å². The highest BCUT2D eigenvalue weighted by atomic mass is 19.1. The van der Waals surface area contributed by atoms with Crippen molar-refractivity contribution in [2.45, 2.75) is 6.54 Å². The number of hydrogen-bond acceptors (Lipinski definition) is 6. The first-order valence-corrected chi connectivity index (χ1v) is 7.24. The van der Waals surface area contributed by atoms with E-state index in [4.69, 9.17) is 10.2 Å². The van der Waals surface area contributed by atoms with Gasteiger partial charge in [-0.3, -0.25) is 19.7 Å². The van der Waals surface area contributed by atoms with E-state index in [1.165, 1.54) is 30.5 Å². The van der Waals surface area contributed by atoms with Crippen molar-refractivity contribution in [3.8, 4) is 11.5 Å². The van der Waals surface area contributed by atoms with Crippen LogP contribution in [0.2, 0.25) is 0 Å². The smallest absolute Gasteiger partial charge is 0.286 e. The van der Waals surface area contributed by atoms with Gasteiger partial charge in [-0.25, -0.2) is 9.37 Å². The van der Waals surface area contributed by atoms with Crippen LogP contribution >= 0.6 is 0 Å². The lowest BCUT2D eigenvalue weighted by Gasteiger charge is -2.05. The zero-order chi connectivity index (χ0) is 18.8. The predicted molar refractivity (Wildman–Crippen MR) is 86.9 cm³/mol. The third-order valence-electron chi connectivity index (χ3n) is 3.52. The number of primary amides is 1. The molecule has 132 valence electrons. The van der Waals surface area contributed by atoms with Crippen molar-refractivity contribution < 1.29 is 18.5 Å². The lowest BCUT2D eigenvalue weighted by atomic mass is 10.2. The van der Waals surface area contributed by atoms with E-state index in [0.29, 0.717) is 5.56 Å². The van der Waals surface area contributed by atoms with Gasteiger partial charge in [-0.05, 0) is 24.3 Å². The van der Waals surface area contributed by atoms with E-state index in [0.717, 1.165) is 16.8 Å². The number of aromatic nitrogens is 2. The molecule has 0 unspecified atom stereocenters. The predicted octanol–water partition coefficient (Wildman–Crippen LogP) is 1.70. The fraction of sp³-hybridized carbons (Fsp3) is 0.0625. The first kappa shape index (κ1) is 17.0. The number of nitrogens with two attached hydrogens (primary N) is 1. The average Bonchev–Trinajstić information content (AvgIpc) is 3.05. The van der Waals surface area contributed by atoms with E-state index in [2.05, 4.69) is 4.98 Å². The van der Waals surface area contributed by atoms with Gasteiger partial charge < -0.3 is 14.7 Å². The van der Waals surface area contributed by atoms with Crippen molar-refractivity contribution >= 4 is 11.6 Å². The number of oxazole rings is 1. The largest absolute Gasteiger partial charge is 0.444 e. The molecule has 1 aromatic carbocycles. The number of rotatable bonds is 5. The Kier molecular flexibility index (Phi) is 4.31. The number of pyridine rings is 1. The molecule has 0 aliphatic rings. The van der Waals surface area contributed by atoms with Crippen LogP contribution in [0.25, 0.3) is 11.5 Å². The molecule has 26 heavy (non-hydrogen) atoms. The zero-order valence-electron chi connectivity index (χ0n) is 13.1. The number of hydrogen-bond donors (Lipinski definition) is 1. The van der Waals surface area contributed by atoms with Gasteiger partial charge in [0.15, 0.2) is 0 Å². The van der Waals surface area contributed by atoms with Crippen LogP contribution in [-0.4, -0.2) is 20.4 Å². The summed E-state index contributed by atoms with van der Waals surface area (Å²) in [4.78, 5) is 38.0. The Balaban J connectivity index is 1.96. The molecule has 2 N–H and O–H groups in total. The summed E-state index contributed by atoms with van der Waals surface area (Å²) in [5.74, 6) is -1.30. The van der Waals surface area contributed by atoms with Crippen LogP contribution in [0.15, 0.2) is 52.0 Å². The Hall–Kier alpha value is -3.82. The molecule has 1 amide bonds. The highest BCUT2D eigenvalue weighted by molar-refractivity contribution is 5.92. The summed E-state index contributed by atoms with van der Waals surface area (Å²) in [6.07, 6.45) is 2.24. The van der Waals surface area contributed by atoms with E-state index >= 15 is 0 Å². The Labute approximate surface area is 144 Å². The molecule has 3 rings (SSSR count). The highest BCUT2D eigenvalue weighted by Gasteiger charge is 2.18. The Bertz CT molecular complexity index is 1060. The van der Waals surface area contributed by atoms with Crippen LogP contribution in [0, 0.1) is 15.9 Å². The molecule has 2 heterocycles. The van der Waals surface area contributed by atoms with Crippen LogP contribution in [0.5, 0.6) is 0 Å². The fourth-order valence-electron chi connectivity index (χ4n) is 2.29. The number of nitro groups is 1. The van der Waals surface area contributed by atoms with E-state index in [1.807, 2.05) is 0 Å². The molecule has 0 fully saturated rings. The first-order valence-electron chi connectivity index (χ1n) is 7.24. The molecule has 0 bridgehead atoms. The van der Waals surface area contributed by atoms with Crippen molar-refractivity contribution in [1.29, 1.82) is 0 Å². The van der Waals surface area contributed by atoms with Crippen molar-refractivity contribution in [1.82, 2.24) is 9.55 Å². The topological polar surface area (TPSA) is 134 Å². The summed E-state index contributed by atoms with van der Waals surface area (Å²) < 4.78 is 19.2. The van der Waals surface area contributed by atoms with E-state index in [-0.39, 0.29) is 18.1 Å². The highest BCUT2D eigenvalue weighted by Crippen LogP contribution is 2.19. The maximum absolute atomic E-state index is 13.0. The minimum absolute atomic E-state index is 0.175. The maximum atomic E-state index is 13.0. The second-order valence-electron chi connectivity index (χ2n) is 5.32. The van der Waals surface area contributed by atoms with Crippen LogP contribution < -0.4 is 11.3 Å². The maximum Gasteiger partial charge on any atom is 0.286 e. The molecule has 0 saturated carbocycles. The molecule has 0 aliphatic carbocycles. The number of halogens is 1. The van der Waals surface area contributed by atoms with Gasteiger partial charge in [-0.1, -0.05) is 0 Å². The van der Waals surface area contributed by atoms with Gasteiger partial charge >= 0.3 is 0 Å². The molecular weight excluding hydrogens is 347 g/mol. The summed E-state index contributed by atoms with van der Waals surface area (Å²) in [5, 5.41) is 11.0. The average molecular weight is 358 g/mol. The number of benzene rings is 1. The molecule has 0 aliphatic heterocycles. The monoisotopic (exact) mass is 358 g/mol. The standard InChI is InChI=1S/C16H11FN4O5/c17-10-3-1-9(2-4-10)15-19-11(8-26-15)6-20-7-12(21(24)25)5-13(14(18)22)16(20)23/h1-5,7-8H,6H2,(H2,18,22). The molecule has 0 atom stereocenters. The van der Waals surface area contributed by atoms with Gasteiger partial charge in [-0.2, -0.15) is 0 Å². The SMILES string of the molecule is NC(=O)c1cc([N+](=O)[O-])cn(Cc2coc(-c3ccc(F)cc3)n2)c1=O. The quantitative estimate of drug-likeness (QED) is 0.545. The minimum Gasteiger partial charge on any atom is -0.444 e. The molecule has 3 aromatic rings. The van der Waals surface area contributed by atoms with Gasteiger partial charge in [0.1, 0.15) is 17.6 Å². The van der Waals surface area contributed by atoms with E-state index < -0.39 is 33.5 Å².